The summed E-state index contributed by atoms with van der Waals surface area (Å²) in [7, 11) is 0. The first kappa shape index (κ1) is 11.2. The number of nitrogens with one attached hydrogen (secondary N) is 1. The quantitative estimate of drug-likeness (QED) is 0.397. The van der Waals surface area contributed by atoms with Crippen molar-refractivity contribution in [2.24, 2.45) is 0 Å². The van der Waals surface area contributed by atoms with E-state index in [9.17, 15) is 4.79 Å². The summed E-state index contributed by atoms with van der Waals surface area (Å²) < 4.78 is 4.91. The molecule has 70 valence electrons. The zero-order valence-electron chi connectivity index (χ0n) is 8.18. The van der Waals surface area contributed by atoms with Crippen molar-refractivity contribution in [2.75, 3.05) is 0 Å². The minimum Gasteiger partial charge on any atom is -0.444 e. The SMILES string of the molecule is C=CC(=O)OC(C)NC(C)(C)C. The lowest BCUT2D eigenvalue weighted by atomic mass is 10.1. The Kier molecular flexibility index (Phi) is 3.96. The summed E-state index contributed by atoms with van der Waals surface area (Å²) in [5, 5.41) is 3.09. The van der Waals surface area contributed by atoms with Crippen LogP contribution < -0.4 is 5.32 Å². The molecule has 0 heterocycles. The molecule has 0 saturated carbocycles. The number of carbonyl (C=O) groups excluding carboxylic acids is 1. The van der Waals surface area contributed by atoms with Crippen molar-refractivity contribution in [1.82, 2.24) is 5.32 Å². The topological polar surface area (TPSA) is 38.3 Å². The zero-order valence-corrected chi connectivity index (χ0v) is 8.18. The standard InChI is InChI=1S/C9H17NO2/c1-6-8(11)12-7(2)10-9(3,4)5/h6-7,10H,1H2,2-5H3. The predicted molar refractivity (Wildman–Crippen MR) is 48.6 cm³/mol. The summed E-state index contributed by atoms with van der Waals surface area (Å²) in [4.78, 5) is 10.7. The van der Waals surface area contributed by atoms with Gasteiger partial charge in [-0.2, -0.15) is 0 Å². The smallest absolute Gasteiger partial charge is 0.331 e. The van der Waals surface area contributed by atoms with Crippen LogP contribution in [0.5, 0.6) is 0 Å². The van der Waals surface area contributed by atoms with E-state index in [1.165, 1.54) is 0 Å². The number of ether oxygens (including phenoxy) is 1. The van der Waals surface area contributed by atoms with Crippen molar-refractivity contribution < 1.29 is 9.53 Å². The van der Waals surface area contributed by atoms with Crippen LogP contribution in [0, 0.1) is 0 Å². The maximum Gasteiger partial charge on any atom is 0.331 e. The Labute approximate surface area is 73.8 Å². The van der Waals surface area contributed by atoms with E-state index in [-0.39, 0.29) is 11.8 Å². The van der Waals surface area contributed by atoms with E-state index in [0.29, 0.717) is 0 Å². The summed E-state index contributed by atoms with van der Waals surface area (Å²) in [5.74, 6) is -0.403. The van der Waals surface area contributed by atoms with Crippen molar-refractivity contribution in [3.05, 3.63) is 12.7 Å². The Morgan fingerprint density at radius 1 is 1.58 bits per heavy atom. The number of carbonyl (C=O) groups is 1. The fourth-order valence-corrected chi connectivity index (χ4v) is 0.862. The highest BCUT2D eigenvalue weighted by molar-refractivity contribution is 5.81. The van der Waals surface area contributed by atoms with Gasteiger partial charge in [-0.1, -0.05) is 6.58 Å². The van der Waals surface area contributed by atoms with Crippen LogP contribution >= 0.6 is 0 Å². The highest BCUT2D eigenvalue weighted by Gasteiger charge is 2.15. The summed E-state index contributed by atoms with van der Waals surface area (Å²) >= 11 is 0. The number of rotatable bonds is 3. The molecule has 0 fully saturated rings. The third-order valence-corrected chi connectivity index (χ3v) is 1.10. The second kappa shape index (κ2) is 4.26. The van der Waals surface area contributed by atoms with Crippen LogP contribution in [0.4, 0.5) is 0 Å². The maximum absolute atomic E-state index is 10.7. The monoisotopic (exact) mass is 171 g/mol. The van der Waals surface area contributed by atoms with E-state index < -0.39 is 5.97 Å². The molecule has 0 spiro atoms. The molecule has 0 aromatic carbocycles. The molecule has 0 aliphatic rings. The Morgan fingerprint density at radius 3 is 2.42 bits per heavy atom. The van der Waals surface area contributed by atoms with Gasteiger partial charge in [-0.15, -0.1) is 0 Å². The molecular formula is C9H17NO2. The van der Waals surface area contributed by atoms with E-state index in [0.717, 1.165) is 6.08 Å². The average Bonchev–Trinajstić information content (AvgIpc) is 1.82. The molecule has 0 rings (SSSR count). The van der Waals surface area contributed by atoms with Crippen LogP contribution in [-0.4, -0.2) is 17.7 Å². The maximum atomic E-state index is 10.7. The second-order valence-corrected chi connectivity index (χ2v) is 3.68. The number of hydrogen-bond acceptors (Lipinski definition) is 3. The van der Waals surface area contributed by atoms with Crippen LogP contribution in [0.25, 0.3) is 0 Å². The Hall–Kier alpha value is -0.830. The van der Waals surface area contributed by atoms with Crippen LogP contribution in [-0.2, 0) is 9.53 Å². The molecule has 0 aliphatic carbocycles. The predicted octanol–water partition coefficient (Wildman–Crippen LogP) is 1.45. The van der Waals surface area contributed by atoms with Gasteiger partial charge >= 0.3 is 5.97 Å². The van der Waals surface area contributed by atoms with Gasteiger partial charge in [-0.25, -0.2) is 4.79 Å². The molecule has 0 amide bonds. The fourth-order valence-electron chi connectivity index (χ4n) is 0.862. The van der Waals surface area contributed by atoms with E-state index in [2.05, 4.69) is 11.9 Å². The molecule has 0 radical (unpaired) electrons. The third kappa shape index (κ3) is 5.92. The van der Waals surface area contributed by atoms with Gasteiger partial charge < -0.3 is 4.74 Å². The summed E-state index contributed by atoms with van der Waals surface area (Å²) in [6.45, 7) is 11.1. The summed E-state index contributed by atoms with van der Waals surface area (Å²) in [5.41, 5.74) is -0.0547. The first-order chi connectivity index (χ1) is 5.35. The van der Waals surface area contributed by atoms with Gasteiger partial charge in [0, 0.05) is 11.6 Å². The first-order valence-electron chi connectivity index (χ1n) is 3.96. The highest BCUT2D eigenvalue weighted by atomic mass is 16.6. The van der Waals surface area contributed by atoms with Gasteiger partial charge in [-0.3, -0.25) is 5.32 Å². The Balaban J connectivity index is 3.82. The lowest BCUT2D eigenvalue weighted by Crippen LogP contribution is -2.44. The lowest BCUT2D eigenvalue weighted by Gasteiger charge is -2.25. The molecule has 0 aromatic heterocycles. The zero-order chi connectivity index (χ0) is 9.78. The van der Waals surface area contributed by atoms with Crippen molar-refractivity contribution in [3.8, 4) is 0 Å². The minimum absolute atomic E-state index is 0.0547. The largest absolute Gasteiger partial charge is 0.444 e. The summed E-state index contributed by atoms with van der Waals surface area (Å²) in [6, 6.07) is 0. The molecule has 1 atom stereocenters. The summed E-state index contributed by atoms with van der Waals surface area (Å²) in [6.07, 6.45) is 0.872. The van der Waals surface area contributed by atoms with Gasteiger partial charge in [0.25, 0.3) is 0 Å². The van der Waals surface area contributed by atoms with Gasteiger partial charge in [-0.05, 0) is 27.7 Å². The van der Waals surface area contributed by atoms with E-state index in [1.807, 2.05) is 20.8 Å². The van der Waals surface area contributed by atoms with Crippen LogP contribution in [0.2, 0.25) is 0 Å². The second-order valence-electron chi connectivity index (χ2n) is 3.68. The molecular weight excluding hydrogens is 154 g/mol. The molecule has 1 unspecified atom stereocenters. The molecule has 3 heteroatoms. The number of hydrogen-bond donors (Lipinski definition) is 1. The van der Waals surface area contributed by atoms with E-state index in [4.69, 9.17) is 4.74 Å². The molecule has 1 N–H and O–H groups in total. The first-order valence-corrected chi connectivity index (χ1v) is 3.96. The average molecular weight is 171 g/mol. The van der Waals surface area contributed by atoms with Crippen molar-refractivity contribution in [1.29, 1.82) is 0 Å². The van der Waals surface area contributed by atoms with Crippen molar-refractivity contribution in [2.45, 2.75) is 39.5 Å². The third-order valence-electron chi connectivity index (χ3n) is 1.10. The lowest BCUT2D eigenvalue weighted by molar-refractivity contribution is -0.144. The molecule has 3 nitrogen and oxygen atoms in total. The molecule has 0 aromatic rings. The van der Waals surface area contributed by atoms with Gasteiger partial charge in [0.1, 0.15) is 0 Å². The van der Waals surface area contributed by atoms with Gasteiger partial charge in [0.15, 0.2) is 6.23 Å². The normalized spacial score (nSPS) is 13.7. The Bertz CT molecular complexity index is 170. The van der Waals surface area contributed by atoms with Crippen molar-refractivity contribution in [3.63, 3.8) is 0 Å². The number of esters is 1. The van der Waals surface area contributed by atoms with Crippen LogP contribution in [0.15, 0.2) is 12.7 Å². The minimum atomic E-state index is -0.403. The van der Waals surface area contributed by atoms with Gasteiger partial charge in [0.05, 0.1) is 0 Å². The van der Waals surface area contributed by atoms with E-state index in [1.54, 1.807) is 6.92 Å². The van der Waals surface area contributed by atoms with Crippen molar-refractivity contribution >= 4 is 5.97 Å². The molecule has 0 saturated heterocycles. The molecule has 0 bridgehead atoms. The Morgan fingerprint density at radius 2 is 2.08 bits per heavy atom. The van der Waals surface area contributed by atoms with Crippen LogP contribution in [0.3, 0.4) is 0 Å². The van der Waals surface area contributed by atoms with Gasteiger partial charge in [0.2, 0.25) is 0 Å². The fraction of sp³-hybridized carbons (Fsp3) is 0.667. The van der Waals surface area contributed by atoms with Crippen LogP contribution in [0.1, 0.15) is 27.7 Å². The van der Waals surface area contributed by atoms with E-state index >= 15 is 0 Å². The molecule has 12 heavy (non-hydrogen) atoms. The highest BCUT2D eigenvalue weighted by Crippen LogP contribution is 2.01. The molecule has 0 aliphatic heterocycles.